The van der Waals surface area contributed by atoms with Crippen molar-refractivity contribution >= 4 is 17.2 Å². The van der Waals surface area contributed by atoms with Gasteiger partial charge < -0.3 is 10.2 Å². The highest BCUT2D eigenvalue weighted by Gasteiger charge is 2.57. The highest BCUT2D eigenvalue weighted by Crippen LogP contribution is 2.47. The first-order valence-corrected chi connectivity index (χ1v) is 10.6. The lowest BCUT2D eigenvalue weighted by molar-refractivity contribution is 0.0660. The molecule has 3 atom stereocenters. The first-order valence-electron chi connectivity index (χ1n) is 9.73. The summed E-state index contributed by atoms with van der Waals surface area (Å²) in [5.41, 5.74) is 2.47. The van der Waals surface area contributed by atoms with Crippen molar-refractivity contribution in [1.29, 1.82) is 0 Å². The Morgan fingerprint density at radius 3 is 2.71 bits per heavy atom. The highest BCUT2D eigenvalue weighted by molar-refractivity contribution is 7.13. The van der Waals surface area contributed by atoms with Crippen molar-refractivity contribution in [2.45, 2.75) is 25.9 Å². The van der Waals surface area contributed by atoms with Crippen molar-refractivity contribution in [3.8, 4) is 16.3 Å². The van der Waals surface area contributed by atoms with Gasteiger partial charge in [-0.05, 0) is 37.8 Å². The van der Waals surface area contributed by atoms with Crippen LogP contribution >= 0.6 is 11.3 Å². The first-order chi connectivity index (χ1) is 13.6. The minimum Gasteiger partial charge on any atom is -0.331 e. The monoisotopic (exact) mass is 393 g/mol. The maximum Gasteiger partial charge on any atom is 0.273 e. The van der Waals surface area contributed by atoms with Crippen LogP contribution in [0.15, 0.2) is 48.1 Å². The molecule has 0 bridgehead atoms. The number of fused-ring (bicyclic) bond motifs is 1. The molecule has 1 amide bonds. The zero-order valence-corrected chi connectivity index (χ0v) is 16.8. The van der Waals surface area contributed by atoms with Gasteiger partial charge in [0.2, 0.25) is 0 Å². The normalized spacial score (nSPS) is 23.0. The number of benzene rings is 1. The maximum absolute atomic E-state index is 13.2. The van der Waals surface area contributed by atoms with Crippen LogP contribution in [0.2, 0.25) is 0 Å². The molecule has 0 radical (unpaired) electrons. The van der Waals surface area contributed by atoms with Crippen molar-refractivity contribution in [2.24, 2.45) is 11.8 Å². The second-order valence-corrected chi connectivity index (χ2v) is 8.69. The largest absolute Gasteiger partial charge is 0.331 e. The average molecular weight is 394 g/mol. The van der Waals surface area contributed by atoms with Crippen LogP contribution in [0.25, 0.3) is 16.3 Å². The summed E-state index contributed by atoms with van der Waals surface area (Å²) >= 11 is 1.50. The number of hydrogen-bond acceptors (Lipinski definition) is 5. The fourth-order valence-electron chi connectivity index (χ4n) is 4.30. The van der Waals surface area contributed by atoms with E-state index in [-0.39, 0.29) is 11.9 Å². The molecule has 1 unspecified atom stereocenters. The number of thiazole rings is 1. The van der Waals surface area contributed by atoms with Crippen molar-refractivity contribution in [1.82, 2.24) is 25.0 Å². The molecule has 1 aromatic carbocycles. The molecule has 2 fully saturated rings. The molecule has 0 spiro atoms. The Kier molecular flexibility index (Phi) is 4.29. The Morgan fingerprint density at radius 2 is 2.00 bits per heavy atom. The minimum atomic E-state index is 0.0485. The second kappa shape index (κ2) is 6.83. The van der Waals surface area contributed by atoms with E-state index >= 15 is 0 Å². The number of carbonyl (C=O) groups is 1. The van der Waals surface area contributed by atoms with Gasteiger partial charge in [0.25, 0.3) is 5.91 Å². The predicted octanol–water partition coefficient (Wildman–Crippen LogP) is 3.06. The summed E-state index contributed by atoms with van der Waals surface area (Å²) in [6.45, 7) is 6.23. The average Bonchev–Trinajstić information content (AvgIpc) is 3.24. The third-order valence-electron chi connectivity index (χ3n) is 5.73. The maximum atomic E-state index is 13.2. The Balaban J connectivity index is 1.37. The summed E-state index contributed by atoms with van der Waals surface area (Å²) in [5, 5.41) is 10.5. The van der Waals surface area contributed by atoms with Crippen LogP contribution in [0.4, 0.5) is 0 Å². The van der Waals surface area contributed by atoms with Crippen LogP contribution in [-0.2, 0) is 0 Å². The molecule has 144 valence electrons. The summed E-state index contributed by atoms with van der Waals surface area (Å²) in [6.07, 6.45) is 3.76. The molecular weight excluding hydrogens is 370 g/mol. The molecule has 6 nitrogen and oxygen atoms in total. The van der Waals surface area contributed by atoms with Crippen molar-refractivity contribution < 1.29 is 4.79 Å². The Morgan fingerprint density at radius 1 is 1.25 bits per heavy atom. The van der Waals surface area contributed by atoms with Crippen molar-refractivity contribution in [3.63, 3.8) is 0 Å². The lowest BCUT2D eigenvalue weighted by Crippen LogP contribution is -2.42. The highest BCUT2D eigenvalue weighted by atomic mass is 32.1. The molecule has 1 saturated heterocycles. The van der Waals surface area contributed by atoms with Gasteiger partial charge in [-0.3, -0.25) is 4.79 Å². The van der Waals surface area contributed by atoms with Gasteiger partial charge >= 0.3 is 0 Å². The van der Waals surface area contributed by atoms with Gasteiger partial charge in [0.1, 0.15) is 10.7 Å². The molecule has 5 rings (SSSR count). The number of nitrogens with one attached hydrogen (secondary N) is 1. The van der Waals surface area contributed by atoms with Crippen LogP contribution in [0, 0.1) is 11.8 Å². The Labute approximate surface area is 168 Å². The molecule has 1 aliphatic heterocycles. The Hall–Kier alpha value is -2.51. The number of hydrogen-bond donors (Lipinski definition) is 1. The van der Waals surface area contributed by atoms with Gasteiger partial charge in [-0.25, -0.2) is 9.67 Å². The zero-order valence-electron chi connectivity index (χ0n) is 15.9. The van der Waals surface area contributed by atoms with E-state index in [4.69, 9.17) is 0 Å². The molecule has 3 heterocycles. The van der Waals surface area contributed by atoms with Crippen molar-refractivity contribution in [3.05, 3.63) is 53.8 Å². The number of amides is 1. The molecule has 2 aromatic heterocycles. The van der Waals surface area contributed by atoms with Crippen LogP contribution in [0.3, 0.4) is 0 Å². The quantitative estimate of drug-likeness (QED) is 0.724. The van der Waals surface area contributed by atoms with E-state index in [9.17, 15) is 4.79 Å². The molecule has 7 heteroatoms. The number of nitrogens with zero attached hydrogens (tertiary/aromatic N) is 4. The smallest absolute Gasteiger partial charge is 0.273 e. The van der Waals surface area contributed by atoms with E-state index in [0.717, 1.165) is 29.3 Å². The summed E-state index contributed by atoms with van der Waals surface area (Å²) < 4.78 is 1.83. The number of piperidine rings is 1. The van der Waals surface area contributed by atoms with E-state index in [1.54, 1.807) is 6.20 Å². The third-order valence-corrected chi connectivity index (χ3v) is 6.62. The van der Waals surface area contributed by atoms with E-state index in [1.165, 1.54) is 11.3 Å². The van der Waals surface area contributed by atoms with Gasteiger partial charge in [-0.2, -0.15) is 5.10 Å². The predicted molar refractivity (Wildman–Crippen MR) is 110 cm³/mol. The van der Waals surface area contributed by atoms with E-state index in [1.807, 2.05) is 51.5 Å². The van der Waals surface area contributed by atoms with Gasteiger partial charge in [-0.1, -0.05) is 18.2 Å². The summed E-state index contributed by atoms with van der Waals surface area (Å²) in [7, 11) is 0. The number of carbonyl (C=O) groups excluding carboxylic acids is 1. The molecule has 1 saturated carbocycles. The molecular formula is C21H23N5OS. The number of rotatable bonds is 5. The van der Waals surface area contributed by atoms with Crippen LogP contribution in [-0.4, -0.2) is 50.7 Å². The topological polar surface area (TPSA) is 63.1 Å². The second-order valence-electron chi connectivity index (χ2n) is 7.83. The standard InChI is InChI=1S/C21H23N5OS/c1-13(2)26(19-16-9-22-10-17(16)19)21(27)18-12-28-20(24-18)14-8-23-25(11-14)15-6-4-3-5-7-15/h3-8,11-13,16-17,19,22H,9-10H2,1-2H3/t16-,17+,19?. The van der Waals surface area contributed by atoms with E-state index in [0.29, 0.717) is 23.6 Å². The number of para-hydroxylation sites is 1. The van der Waals surface area contributed by atoms with Crippen LogP contribution in [0.1, 0.15) is 24.3 Å². The van der Waals surface area contributed by atoms with Crippen LogP contribution < -0.4 is 5.32 Å². The van der Waals surface area contributed by atoms with Gasteiger partial charge in [0.15, 0.2) is 0 Å². The fraction of sp³-hybridized carbons (Fsp3) is 0.381. The number of aromatic nitrogens is 3. The SMILES string of the molecule is CC(C)N(C(=O)c1csc(-c2cnn(-c3ccccc3)c2)n1)C1[C@H]2CNC[C@@H]12. The summed E-state index contributed by atoms with van der Waals surface area (Å²) in [4.78, 5) is 19.9. The lowest BCUT2D eigenvalue weighted by atomic mass is 10.2. The summed E-state index contributed by atoms with van der Waals surface area (Å²) in [6, 6.07) is 10.5. The van der Waals surface area contributed by atoms with Crippen molar-refractivity contribution in [2.75, 3.05) is 13.1 Å². The van der Waals surface area contributed by atoms with Gasteiger partial charge in [-0.15, -0.1) is 11.3 Å². The molecule has 1 aliphatic carbocycles. The Bertz CT molecular complexity index is 985. The van der Waals surface area contributed by atoms with Gasteiger partial charge in [0, 0.05) is 42.3 Å². The zero-order chi connectivity index (χ0) is 19.3. The third kappa shape index (κ3) is 2.95. The fourth-order valence-corrected chi connectivity index (χ4v) is 5.07. The van der Waals surface area contributed by atoms with Crippen LogP contribution in [0.5, 0.6) is 0 Å². The van der Waals surface area contributed by atoms with E-state index in [2.05, 4.69) is 29.2 Å². The van der Waals surface area contributed by atoms with Gasteiger partial charge in [0.05, 0.1) is 11.9 Å². The lowest BCUT2D eigenvalue weighted by Gasteiger charge is -2.28. The molecule has 28 heavy (non-hydrogen) atoms. The molecule has 1 N–H and O–H groups in total. The minimum absolute atomic E-state index is 0.0485. The molecule has 3 aromatic rings. The summed E-state index contributed by atoms with van der Waals surface area (Å²) in [5.74, 6) is 1.26. The molecule has 2 aliphatic rings. The van der Waals surface area contributed by atoms with E-state index < -0.39 is 0 Å². The first kappa shape index (κ1) is 17.6.